The number of rotatable bonds is 7. The number of carbonyl (C=O) groups excluding carboxylic acids is 2. The highest BCUT2D eigenvalue weighted by Crippen LogP contribution is 2.15. The van der Waals surface area contributed by atoms with Gasteiger partial charge in [0.1, 0.15) is 0 Å². The number of amides is 1. The van der Waals surface area contributed by atoms with Gasteiger partial charge in [0.05, 0.1) is 0 Å². The summed E-state index contributed by atoms with van der Waals surface area (Å²) in [6.07, 6.45) is 1.88. The van der Waals surface area contributed by atoms with Gasteiger partial charge in [-0.05, 0) is 37.6 Å². The first kappa shape index (κ1) is 20.5. The molecule has 0 spiro atoms. The van der Waals surface area contributed by atoms with Crippen LogP contribution in [0.1, 0.15) is 43.0 Å². The molecule has 1 N–H and O–H groups in total. The molecule has 1 saturated heterocycles. The molecule has 1 amide bonds. The Morgan fingerprint density at radius 3 is 2.58 bits per heavy atom. The largest absolute Gasteiger partial charge is 0.338 e. The second kappa shape index (κ2) is 9.69. The van der Waals surface area contributed by atoms with Crippen LogP contribution in [0.3, 0.4) is 0 Å². The Bertz CT molecular complexity index is 578. The standard InChI is InChI=1S/C17H22F2N2O2.ClH/c1-2-9-21(13-7-8-20-11-13)17(23)6-5-16(22)12-3-4-14(18)15(19)10-12;/h3-4,10,13,20H,2,5-9,11H2,1H3;1H. The summed E-state index contributed by atoms with van der Waals surface area (Å²) in [5.74, 6) is -2.44. The van der Waals surface area contributed by atoms with Crippen molar-refractivity contribution in [3.8, 4) is 0 Å². The van der Waals surface area contributed by atoms with Crippen LogP contribution in [0.15, 0.2) is 18.2 Å². The number of carbonyl (C=O) groups is 2. The van der Waals surface area contributed by atoms with E-state index in [1.807, 2.05) is 11.8 Å². The van der Waals surface area contributed by atoms with Crippen LogP contribution in [0.2, 0.25) is 0 Å². The zero-order chi connectivity index (χ0) is 16.8. The highest BCUT2D eigenvalue weighted by atomic mass is 35.5. The van der Waals surface area contributed by atoms with E-state index >= 15 is 0 Å². The number of nitrogens with zero attached hydrogens (tertiary/aromatic N) is 1. The summed E-state index contributed by atoms with van der Waals surface area (Å²) in [5, 5.41) is 3.23. The average Bonchev–Trinajstić information content (AvgIpc) is 3.06. The lowest BCUT2D eigenvalue weighted by Crippen LogP contribution is -2.42. The van der Waals surface area contributed by atoms with Gasteiger partial charge in [-0.15, -0.1) is 12.4 Å². The smallest absolute Gasteiger partial charge is 0.223 e. The van der Waals surface area contributed by atoms with Crippen molar-refractivity contribution in [1.29, 1.82) is 0 Å². The topological polar surface area (TPSA) is 49.4 Å². The molecule has 24 heavy (non-hydrogen) atoms. The van der Waals surface area contributed by atoms with E-state index in [1.165, 1.54) is 6.07 Å². The summed E-state index contributed by atoms with van der Waals surface area (Å²) >= 11 is 0. The minimum atomic E-state index is -1.05. The predicted molar refractivity (Wildman–Crippen MR) is 90.4 cm³/mol. The Balaban J connectivity index is 0.00000288. The minimum Gasteiger partial charge on any atom is -0.338 e. The van der Waals surface area contributed by atoms with Crippen molar-refractivity contribution in [2.24, 2.45) is 0 Å². The van der Waals surface area contributed by atoms with Crippen LogP contribution < -0.4 is 5.32 Å². The predicted octanol–water partition coefficient (Wildman–Crippen LogP) is 2.95. The Morgan fingerprint density at radius 1 is 1.25 bits per heavy atom. The van der Waals surface area contributed by atoms with Crippen molar-refractivity contribution >= 4 is 24.1 Å². The monoisotopic (exact) mass is 360 g/mol. The maximum Gasteiger partial charge on any atom is 0.223 e. The maximum atomic E-state index is 13.2. The fourth-order valence-corrected chi connectivity index (χ4v) is 2.84. The van der Waals surface area contributed by atoms with E-state index in [2.05, 4.69) is 5.32 Å². The molecule has 1 heterocycles. The summed E-state index contributed by atoms with van der Waals surface area (Å²) in [4.78, 5) is 26.3. The van der Waals surface area contributed by atoms with Crippen molar-refractivity contribution in [1.82, 2.24) is 10.2 Å². The van der Waals surface area contributed by atoms with Crippen LogP contribution in [0.4, 0.5) is 8.78 Å². The molecular formula is C17H23ClF2N2O2. The van der Waals surface area contributed by atoms with Crippen molar-refractivity contribution < 1.29 is 18.4 Å². The molecule has 134 valence electrons. The van der Waals surface area contributed by atoms with Crippen LogP contribution in [0, 0.1) is 11.6 Å². The Kier molecular flexibility index (Phi) is 8.28. The molecule has 0 aliphatic carbocycles. The molecule has 1 fully saturated rings. The first-order chi connectivity index (χ1) is 11.0. The number of benzene rings is 1. The van der Waals surface area contributed by atoms with Crippen LogP contribution in [0.5, 0.6) is 0 Å². The van der Waals surface area contributed by atoms with E-state index in [4.69, 9.17) is 0 Å². The van der Waals surface area contributed by atoms with Crippen molar-refractivity contribution in [3.63, 3.8) is 0 Å². The number of ketones is 1. The summed E-state index contributed by atoms with van der Waals surface area (Å²) in [6.45, 7) is 4.36. The van der Waals surface area contributed by atoms with Gasteiger partial charge < -0.3 is 10.2 Å². The highest BCUT2D eigenvalue weighted by molar-refractivity contribution is 5.98. The van der Waals surface area contributed by atoms with E-state index < -0.39 is 11.6 Å². The minimum absolute atomic E-state index is 0. The third kappa shape index (κ3) is 5.24. The highest BCUT2D eigenvalue weighted by Gasteiger charge is 2.26. The quantitative estimate of drug-likeness (QED) is 0.760. The molecule has 1 aliphatic rings. The van der Waals surface area contributed by atoms with Crippen LogP contribution in [-0.4, -0.2) is 42.3 Å². The molecule has 1 aromatic carbocycles. The van der Waals surface area contributed by atoms with Gasteiger partial charge in [0.15, 0.2) is 17.4 Å². The molecule has 4 nitrogen and oxygen atoms in total. The third-order valence-corrected chi connectivity index (χ3v) is 4.07. The van der Waals surface area contributed by atoms with Gasteiger partial charge in [-0.2, -0.15) is 0 Å². The molecule has 2 rings (SSSR count). The summed E-state index contributed by atoms with van der Waals surface area (Å²) in [7, 11) is 0. The van der Waals surface area contributed by atoms with Gasteiger partial charge in [-0.25, -0.2) is 8.78 Å². The SMILES string of the molecule is CCCN(C(=O)CCC(=O)c1ccc(F)c(F)c1)C1CCNC1.Cl. The second-order valence-corrected chi connectivity index (χ2v) is 5.79. The first-order valence-electron chi connectivity index (χ1n) is 8.01. The zero-order valence-corrected chi connectivity index (χ0v) is 14.5. The Hall–Kier alpha value is -1.53. The fraction of sp³-hybridized carbons (Fsp3) is 0.529. The normalized spacial score (nSPS) is 16.5. The van der Waals surface area contributed by atoms with Crippen LogP contribution in [-0.2, 0) is 4.79 Å². The maximum absolute atomic E-state index is 13.2. The summed E-state index contributed by atoms with van der Waals surface area (Å²) < 4.78 is 26.0. The Morgan fingerprint density at radius 2 is 2.00 bits per heavy atom. The van der Waals surface area contributed by atoms with E-state index in [0.717, 1.165) is 38.1 Å². The molecule has 0 bridgehead atoms. The molecule has 1 aliphatic heterocycles. The first-order valence-corrected chi connectivity index (χ1v) is 8.01. The van der Waals surface area contributed by atoms with E-state index in [9.17, 15) is 18.4 Å². The molecule has 0 radical (unpaired) electrons. The molecule has 7 heteroatoms. The van der Waals surface area contributed by atoms with E-state index in [-0.39, 0.29) is 48.5 Å². The molecule has 0 aromatic heterocycles. The lowest BCUT2D eigenvalue weighted by atomic mass is 10.1. The number of nitrogens with one attached hydrogen (secondary N) is 1. The van der Waals surface area contributed by atoms with Gasteiger partial charge in [-0.3, -0.25) is 9.59 Å². The number of hydrogen-bond donors (Lipinski definition) is 1. The number of Topliss-reactive ketones (excluding diaryl/α,β-unsaturated/α-hetero) is 1. The number of halogens is 3. The molecule has 1 atom stereocenters. The van der Waals surface area contributed by atoms with Gasteiger partial charge in [0.25, 0.3) is 0 Å². The van der Waals surface area contributed by atoms with E-state index in [1.54, 1.807) is 0 Å². The summed E-state index contributed by atoms with van der Waals surface area (Å²) in [6, 6.07) is 3.24. The number of hydrogen-bond acceptors (Lipinski definition) is 3. The van der Waals surface area contributed by atoms with Crippen LogP contribution >= 0.6 is 12.4 Å². The summed E-state index contributed by atoms with van der Waals surface area (Å²) in [5.41, 5.74) is 0.0984. The zero-order valence-electron chi connectivity index (χ0n) is 13.7. The van der Waals surface area contributed by atoms with Crippen molar-refractivity contribution in [2.45, 2.75) is 38.6 Å². The van der Waals surface area contributed by atoms with Gasteiger partial charge in [0.2, 0.25) is 5.91 Å². The van der Waals surface area contributed by atoms with Crippen molar-refractivity contribution in [3.05, 3.63) is 35.4 Å². The van der Waals surface area contributed by atoms with Gasteiger partial charge in [0, 0.05) is 37.5 Å². The van der Waals surface area contributed by atoms with Crippen molar-refractivity contribution in [2.75, 3.05) is 19.6 Å². The third-order valence-electron chi connectivity index (χ3n) is 4.07. The Labute approximate surface area is 147 Å². The molecule has 1 unspecified atom stereocenters. The second-order valence-electron chi connectivity index (χ2n) is 5.79. The fourth-order valence-electron chi connectivity index (χ4n) is 2.84. The van der Waals surface area contributed by atoms with Gasteiger partial charge >= 0.3 is 0 Å². The molecule has 1 aromatic rings. The van der Waals surface area contributed by atoms with E-state index in [0.29, 0.717) is 6.54 Å². The van der Waals surface area contributed by atoms with Crippen LogP contribution in [0.25, 0.3) is 0 Å². The average molecular weight is 361 g/mol. The molecule has 0 saturated carbocycles. The van der Waals surface area contributed by atoms with Gasteiger partial charge in [-0.1, -0.05) is 6.92 Å². The lowest BCUT2D eigenvalue weighted by molar-refractivity contribution is -0.133. The molecular weight excluding hydrogens is 338 g/mol. The lowest BCUT2D eigenvalue weighted by Gasteiger charge is -2.28.